The first kappa shape index (κ1) is 14.2. The molecule has 0 N–H and O–H groups in total. The summed E-state index contributed by atoms with van der Waals surface area (Å²) in [6.45, 7) is 6.09. The van der Waals surface area contributed by atoms with E-state index in [4.69, 9.17) is 28.4 Å². The predicted molar refractivity (Wildman–Crippen MR) is 61.9 cm³/mol. The van der Waals surface area contributed by atoms with Crippen molar-refractivity contribution in [1.82, 2.24) is 0 Å². The lowest BCUT2D eigenvalue weighted by Gasteiger charge is -2.39. The topological polar surface area (TPSA) is 55.4 Å². The van der Waals surface area contributed by atoms with E-state index in [0.29, 0.717) is 6.61 Å². The third-order valence-corrected chi connectivity index (χ3v) is 3.34. The SMILES string of the molecule is CCOC1(C)O[C@H]2[C@@H](OC)[C@H](OC)O[C@@H](C)[C@H]2O1. The maximum Gasteiger partial charge on any atom is 0.280 e. The van der Waals surface area contributed by atoms with Crippen LogP contribution in [0.5, 0.6) is 0 Å². The van der Waals surface area contributed by atoms with Gasteiger partial charge in [-0.3, -0.25) is 0 Å². The standard InChI is InChI=1S/C12H22O6/c1-6-15-12(3)17-8-7(2)16-11(14-5)10(13-4)9(8)18-12/h7-11H,6H2,1-5H3/t7-,8+,9+,10+,11+,12?/m0/s1. The molecule has 2 saturated heterocycles. The molecule has 1 unspecified atom stereocenters. The molecule has 2 heterocycles. The lowest BCUT2D eigenvalue weighted by molar-refractivity contribution is -0.331. The van der Waals surface area contributed by atoms with Gasteiger partial charge in [-0.1, -0.05) is 0 Å². The Kier molecular flexibility index (Phi) is 4.25. The largest absolute Gasteiger partial charge is 0.373 e. The van der Waals surface area contributed by atoms with Crippen molar-refractivity contribution >= 4 is 0 Å². The molecule has 2 rings (SSSR count). The smallest absolute Gasteiger partial charge is 0.280 e. The molecule has 0 aromatic heterocycles. The third-order valence-electron chi connectivity index (χ3n) is 3.34. The number of hydrogen-bond acceptors (Lipinski definition) is 6. The normalized spacial score (nSPS) is 48.2. The van der Waals surface area contributed by atoms with Crippen LogP contribution in [0, 0.1) is 0 Å². The molecule has 0 aliphatic carbocycles. The lowest BCUT2D eigenvalue weighted by Crippen LogP contribution is -2.56. The molecule has 18 heavy (non-hydrogen) atoms. The van der Waals surface area contributed by atoms with E-state index in [2.05, 4.69) is 0 Å². The second-order valence-corrected chi connectivity index (χ2v) is 4.61. The van der Waals surface area contributed by atoms with Crippen molar-refractivity contribution in [2.75, 3.05) is 20.8 Å². The Morgan fingerprint density at radius 3 is 2.33 bits per heavy atom. The van der Waals surface area contributed by atoms with E-state index in [-0.39, 0.29) is 24.4 Å². The molecular formula is C12H22O6. The molecule has 0 aromatic rings. The van der Waals surface area contributed by atoms with Gasteiger partial charge in [0, 0.05) is 27.8 Å². The van der Waals surface area contributed by atoms with Crippen molar-refractivity contribution < 1.29 is 28.4 Å². The van der Waals surface area contributed by atoms with E-state index in [1.54, 1.807) is 21.1 Å². The van der Waals surface area contributed by atoms with Gasteiger partial charge in [-0.05, 0) is 13.8 Å². The first-order valence-corrected chi connectivity index (χ1v) is 6.25. The molecule has 0 radical (unpaired) electrons. The molecule has 0 spiro atoms. The molecule has 106 valence electrons. The highest BCUT2D eigenvalue weighted by atomic mass is 16.9. The van der Waals surface area contributed by atoms with Gasteiger partial charge in [0.25, 0.3) is 5.97 Å². The van der Waals surface area contributed by atoms with E-state index in [1.165, 1.54) is 0 Å². The van der Waals surface area contributed by atoms with Crippen molar-refractivity contribution in [3.8, 4) is 0 Å². The number of fused-ring (bicyclic) bond motifs is 1. The second kappa shape index (κ2) is 5.40. The van der Waals surface area contributed by atoms with Gasteiger partial charge in [-0.2, -0.15) is 0 Å². The Bertz CT molecular complexity index is 286. The van der Waals surface area contributed by atoms with Crippen LogP contribution in [0.1, 0.15) is 20.8 Å². The van der Waals surface area contributed by atoms with Crippen molar-refractivity contribution in [2.24, 2.45) is 0 Å². The average molecular weight is 262 g/mol. The first-order valence-electron chi connectivity index (χ1n) is 6.25. The summed E-state index contributed by atoms with van der Waals surface area (Å²) in [5, 5.41) is 0. The average Bonchev–Trinajstić information content (AvgIpc) is 2.67. The zero-order valence-corrected chi connectivity index (χ0v) is 11.5. The molecule has 6 heteroatoms. The van der Waals surface area contributed by atoms with Gasteiger partial charge in [0.15, 0.2) is 6.29 Å². The fourth-order valence-electron chi connectivity index (χ4n) is 2.56. The molecule has 0 bridgehead atoms. The highest BCUT2D eigenvalue weighted by Gasteiger charge is 2.56. The van der Waals surface area contributed by atoms with Crippen LogP contribution >= 0.6 is 0 Å². The van der Waals surface area contributed by atoms with Crippen LogP contribution in [0.25, 0.3) is 0 Å². The second-order valence-electron chi connectivity index (χ2n) is 4.61. The van der Waals surface area contributed by atoms with E-state index in [1.807, 2.05) is 13.8 Å². The Balaban J connectivity index is 2.16. The summed E-state index contributed by atoms with van der Waals surface area (Å²) in [4.78, 5) is 0. The number of methoxy groups -OCH3 is 2. The zero-order valence-electron chi connectivity index (χ0n) is 11.5. The number of hydrogen-bond donors (Lipinski definition) is 0. The van der Waals surface area contributed by atoms with Crippen molar-refractivity contribution in [2.45, 2.75) is 57.5 Å². The summed E-state index contributed by atoms with van der Waals surface area (Å²) in [6.07, 6.45) is -1.43. The van der Waals surface area contributed by atoms with Gasteiger partial charge in [0.1, 0.15) is 18.3 Å². The highest BCUT2D eigenvalue weighted by molar-refractivity contribution is 4.95. The summed E-state index contributed by atoms with van der Waals surface area (Å²) in [6, 6.07) is 0. The predicted octanol–water partition coefficient (Wildman–Crippen LogP) is 0.887. The van der Waals surface area contributed by atoms with Gasteiger partial charge in [0.2, 0.25) is 0 Å². The molecule has 0 aromatic carbocycles. The first-order chi connectivity index (χ1) is 8.54. The summed E-state index contributed by atoms with van der Waals surface area (Å²) < 4.78 is 33.6. The molecule has 2 aliphatic heterocycles. The maximum atomic E-state index is 5.87. The minimum atomic E-state index is -1.04. The number of rotatable bonds is 4. The van der Waals surface area contributed by atoms with Gasteiger partial charge < -0.3 is 28.4 Å². The molecule has 2 fully saturated rings. The van der Waals surface area contributed by atoms with Crippen molar-refractivity contribution in [3.63, 3.8) is 0 Å². The van der Waals surface area contributed by atoms with Crippen LogP contribution in [-0.4, -0.2) is 57.5 Å². The van der Waals surface area contributed by atoms with E-state index >= 15 is 0 Å². The Hall–Kier alpha value is -0.240. The zero-order chi connectivity index (χ0) is 13.3. The summed E-state index contributed by atoms with van der Waals surface area (Å²) >= 11 is 0. The summed E-state index contributed by atoms with van der Waals surface area (Å²) in [5.74, 6) is -1.04. The molecule has 2 aliphatic rings. The van der Waals surface area contributed by atoms with Crippen LogP contribution in [0.15, 0.2) is 0 Å². The fourth-order valence-corrected chi connectivity index (χ4v) is 2.56. The van der Waals surface area contributed by atoms with E-state index < -0.39 is 12.3 Å². The molecule has 6 nitrogen and oxygen atoms in total. The van der Waals surface area contributed by atoms with Crippen LogP contribution in [0.2, 0.25) is 0 Å². The van der Waals surface area contributed by atoms with Gasteiger partial charge in [-0.25, -0.2) is 0 Å². The van der Waals surface area contributed by atoms with Gasteiger partial charge >= 0.3 is 0 Å². The Morgan fingerprint density at radius 2 is 1.78 bits per heavy atom. The monoisotopic (exact) mass is 262 g/mol. The minimum Gasteiger partial charge on any atom is -0.373 e. The molecular weight excluding hydrogens is 240 g/mol. The number of ether oxygens (including phenoxy) is 6. The van der Waals surface area contributed by atoms with Crippen molar-refractivity contribution in [1.29, 1.82) is 0 Å². The van der Waals surface area contributed by atoms with Crippen LogP contribution in [0.4, 0.5) is 0 Å². The van der Waals surface area contributed by atoms with Crippen LogP contribution in [0.3, 0.4) is 0 Å². The molecule has 0 amide bonds. The molecule has 6 atom stereocenters. The Labute approximate surface area is 107 Å². The van der Waals surface area contributed by atoms with Crippen LogP contribution in [-0.2, 0) is 28.4 Å². The Morgan fingerprint density at radius 1 is 1.11 bits per heavy atom. The van der Waals surface area contributed by atoms with Gasteiger partial charge in [0.05, 0.1) is 6.10 Å². The van der Waals surface area contributed by atoms with E-state index in [9.17, 15) is 0 Å². The van der Waals surface area contributed by atoms with Gasteiger partial charge in [-0.15, -0.1) is 0 Å². The molecule has 0 saturated carbocycles. The van der Waals surface area contributed by atoms with Crippen LogP contribution < -0.4 is 0 Å². The van der Waals surface area contributed by atoms with Crippen molar-refractivity contribution in [3.05, 3.63) is 0 Å². The minimum absolute atomic E-state index is 0.145. The third kappa shape index (κ3) is 2.41. The lowest BCUT2D eigenvalue weighted by atomic mass is 10.00. The quantitative estimate of drug-likeness (QED) is 0.750. The fraction of sp³-hybridized carbons (Fsp3) is 1.00. The summed E-state index contributed by atoms with van der Waals surface area (Å²) in [5.41, 5.74) is 0. The highest BCUT2D eigenvalue weighted by Crippen LogP contribution is 2.39. The summed E-state index contributed by atoms with van der Waals surface area (Å²) in [7, 11) is 3.19. The van der Waals surface area contributed by atoms with E-state index in [0.717, 1.165) is 0 Å². The maximum absolute atomic E-state index is 5.87.